The van der Waals surface area contributed by atoms with Crippen LogP contribution in [0, 0.1) is 6.92 Å². The van der Waals surface area contributed by atoms with Crippen LogP contribution >= 0.6 is 0 Å². The van der Waals surface area contributed by atoms with Gasteiger partial charge in [0.25, 0.3) is 0 Å². The third-order valence-electron chi connectivity index (χ3n) is 2.61. The van der Waals surface area contributed by atoms with Crippen molar-refractivity contribution in [1.82, 2.24) is 0 Å². The van der Waals surface area contributed by atoms with Gasteiger partial charge in [-0.05, 0) is 25.5 Å². The minimum atomic E-state index is -0.880. The molecule has 88 valence electrons. The van der Waals surface area contributed by atoms with Crippen molar-refractivity contribution >= 4 is 5.97 Å². The van der Waals surface area contributed by atoms with Crippen LogP contribution in [0.3, 0.4) is 0 Å². The van der Waals surface area contributed by atoms with Gasteiger partial charge in [-0.1, -0.05) is 6.07 Å². The largest absolute Gasteiger partial charge is 0.493 e. The lowest BCUT2D eigenvalue weighted by molar-refractivity contribution is -0.138. The number of aryl methyl sites for hydroxylation is 1. The number of aliphatic carboxylic acids is 1. The molecule has 0 aromatic heterocycles. The molecule has 16 heavy (non-hydrogen) atoms. The first kappa shape index (κ1) is 12.4. The number of benzene rings is 1. The Hall–Kier alpha value is -1.71. The number of ether oxygens (including phenoxy) is 2. The minimum absolute atomic E-state index is 0.498. The number of carboxylic acids is 1. The van der Waals surface area contributed by atoms with Crippen molar-refractivity contribution in [2.45, 2.75) is 19.8 Å². The van der Waals surface area contributed by atoms with Crippen LogP contribution in [-0.4, -0.2) is 25.3 Å². The van der Waals surface area contributed by atoms with Crippen molar-refractivity contribution in [3.8, 4) is 11.5 Å². The summed E-state index contributed by atoms with van der Waals surface area (Å²) in [7, 11) is 3.04. The summed E-state index contributed by atoms with van der Waals surface area (Å²) in [6.45, 7) is 3.49. The minimum Gasteiger partial charge on any atom is -0.493 e. The molecule has 1 atom stereocenters. The average Bonchev–Trinajstić information content (AvgIpc) is 2.27. The molecule has 4 nitrogen and oxygen atoms in total. The average molecular weight is 224 g/mol. The maximum Gasteiger partial charge on any atom is 0.310 e. The van der Waals surface area contributed by atoms with Gasteiger partial charge in [-0.25, -0.2) is 0 Å². The van der Waals surface area contributed by atoms with Gasteiger partial charge in [0.05, 0.1) is 20.1 Å². The molecule has 0 radical (unpaired) electrons. The summed E-state index contributed by atoms with van der Waals surface area (Å²) in [4.78, 5) is 11.0. The summed E-state index contributed by atoms with van der Waals surface area (Å²) in [5, 5.41) is 9.05. The predicted octanol–water partition coefficient (Wildman–Crippen LogP) is 2.20. The maximum atomic E-state index is 11.0. The molecule has 0 bridgehead atoms. The normalized spacial score (nSPS) is 12.0. The van der Waals surface area contributed by atoms with Gasteiger partial charge < -0.3 is 14.6 Å². The summed E-state index contributed by atoms with van der Waals surface area (Å²) in [5.41, 5.74) is 1.54. The first-order valence-corrected chi connectivity index (χ1v) is 4.97. The van der Waals surface area contributed by atoms with Crippen LogP contribution in [0.25, 0.3) is 0 Å². The monoisotopic (exact) mass is 224 g/mol. The van der Waals surface area contributed by atoms with Gasteiger partial charge in [-0.15, -0.1) is 0 Å². The van der Waals surface area contributed by atoms with Crippen molar-refractivity contribution in [2.24, 2.45) is 0 Å². The summed E-state index contributed by atoms with van der Waals surface area (Å²) in [6, 6.07) is 3.60. The van der Waals surface area contributed by atoms with Crippen molar-refractivity contribution < 1.29 is 19.4 Å². The van der Waals surface area contributed by atoms with E-state index in [4.69, 9.17) is 14.6 Å². The third kappa shape index (κ3) is 2.10. The predicted molar refractivity (Wildman–Crippen MR) is 60.3 cm³/mol. The first-order valence-electron chi connectivity index (χ1n) is 4.97. The van der Waals surface area contributed by atoms with Gasteiger partial charge in [0, 0.05) is 5.56 Å². The van der Waals surface area contributed by atoms with Crippen LogP contribution in [0.5, 0.6) is 11.5 Å². The van der Waals surface area contributed by atoms with E-state index >= 15 is 0 Å². The Balaban J connectivity index is 3.39. The highest BCUT2D eigenvalue weighted by atomic mass is 16.5. The summed E-state index contributed by atoms with van der Waals surface area (Å²) < 4.78 is 10.4. The van der Waals surface area contributed by atoms with Gasteiger partial charge in [0.2, 0.25) is 0 Å². The van der Waals surface area contributed by atoms with Gasteiger partial charge in [-0.3, -0.25) is 4.79 Å². The Kier molecular flexibility index (Phi) is 3.77. The molecule has 1 unspecified atom stereocenters. The number of hydrogen-bond donors (Lipinski definition) is 1. The molecule has 0 saturated carbocycles. The first-order chi connectivity index (χ1) is 7.52. The fraction of sp³-hybridized carbons (Fsp3) is 0.417. The van der Waals surface area contributed by atoms with Crippen LogP contribution in [0.1, 0.15) is 24.0 Å². The van der Waals surface area contributed by atoms with Gasteiger partial charge >= 0.3 is 5.97 Å². The van der Waals surface area contributed by atoms with E-state index in [9.17, 15) is 4.79 Å². The Bertz CT molecular complexity index is 398. The number of methoxy groups -OCH3 is 2. The Morgan fingerprint density at radius 1 is 1.31 bits per heavy atom. The molecule has 0 amide bonds. The fourth-order valence-corrected chi connectivity index (χ4v) is 1.71. The quantitative estimate of drug-likeness (QED) is 0.851. The van der Waals surface area contributed by atoms with Crippen molar-refractivity contribution in [2.75, 3.05) is 14.2 Å². The molecule has 1 aromatic rings. The van der Waals surface area contributed by atoms with Crippen molar-refractivity contribution in [1.29, 1.82) is 0 Å². The van der Waals surface area contributed by atoms with Crippen LogP contribution in [0.2, 0.25) is 0 Å². The van der Waals surface area contributed by atoms with E-state index in [-0.39, 0.29) is 0 Å². The van der Waals surface area contributed by atoms with E-state index in [1.165, 1.54) is 14.2 Å². The molecule has 0 heterocycles. The van der Waals surface area contributed by atoms with Gasteiger partial charge in [-0.2, -0.15) is 0 Å². The third-order valence-corrected chi connectivity index (χ3v) is 2.61. The Labute approximate surface area is 94.8 Å². The van der Waals surface area contributed by atoms with Crippen LogP contribution in [0.4, 0.5) is 0 Å². The summed E-state index contributed by atoms with van der Waals surface area (Å²) in [6.07, 6.45) is 0. The van der Waals surface area contributed by atoms with Crippen molar-refractivity contribution in [3.05, 3.63) is 23.3 Å². The Morgan fingerprint density at radius 3 is 2.38 bits per heavy atom. The zero-order valence-electron chi connectivity index (χ0n) is 9.90. The number of carboxylic acid groups (broad SMARTS) is 1. The topological polar surface area (TPSA) is 55.8 Å². The standard InChI is InChI=1S/C12H16O4/c1-7-5-6-9(15-3)11(16-4)10(7)8(2)12(13)14/h5-6,8H,1-4H3,(H,13,14). The van der Waals surface area contributed by atoms with E-state index in [1.807, 2.05) is 13.0 Å². The Morgan fingerprint density at radius 2 is 1.94 bits per heavy atom. The molecular formula is C12H16O4. The second-order valence-corrected chi connectivity index (χ2v) is 3.59. The molecule has 0 spiro atoms. The highest BCUT2D eigenvalue weighted by Gasteiger charge is 2.23. The SMILES string of the molecule is COc1ccc(C)c(C(C)C(=O)O)c1OC. The highest BCUT2D eigenvalue weighted by molar-refractivity contribution is 5.78. The van der Waals surface area contributed by atoms with Crippen molar-refractivity contribution in [3.63, 3.8) is 0 Å². The molecule has 1 aromatic carbocycles. The van der Waals surface area contributed by atoms with Crippen LogP contribution < -0.4 is 9.47 Å². The number of carbonyl (C=O) groups is 1. The molecule has 1 N–H and O–H groups in total. The lowest BCUT2D eigenvalue weighted by Crippen LogP contribution is -2.11. The number of rotatable bonds is 4. The molecule has 0 aliphatic heterocycles. The van der Waals surface area contributed by atoms with E-state index < -0.39 is 11.9 Å². The van der Waals surface area contributed by atoms with Gasteiger partial charge in [0.1, 0.15) is 0 Å². The molecular weight excluding hydrogens is 208 g/mol. The molecule has 0 fully saturated rings. The molecule has 4 heteroatoms. The summed E-state index contributed by atoms with van der Waals surface area (Å²) >= 11 is 0. The molecule has 0 aliphatic rings. The highest BCUT2D eigenvalue weighted by Crippen LogP contribution is 2.37. The second kappa shape index (κ2) is 4.88. The molecule has 0 aliphatic carbocycles. The molecule has 1 rings (SSSR count). The van der Waals surface area contributed by atoms with Gasteiger partial charge in [0.15, 0.2) is 11.5 Å². The summed E-state index contributed by atoms with van der Waals surface area (Å²) in [5.74, 6) is -0.451. The smallest absolute Gasteiger partial charge is 0.310 e. The maximum absolute atomic E-state index is 11.0. The fourth-order valence-electron chi connectivity index (χ4n) is 1.71. The van der Waals surface area contributed by atoms with E-state index in [0.717, 1.165) is 5.56 Å². The second-order valence-electron chi connectivity index (χ2n) is 3.59. The number of hydrogen-bond acceptors (Lipinski definition) is 3. The zero-order chi connectivity index (χ0) is 12.3. The lowest BCUT2D eigenvalue weighted by atomic mass is 9.95. The van der Waals surface area contributed by atoms with E-state index in [0.29, 0.717) is 17.1 Å². The lowest BCUT2D eigenvalue weighted by Gasteiger charge is -2.17. The van der Waals surface area contributed by atoms with Crippen LogP contribution in [-0.2, 0) is 4.79 Å². The van der Waals surface area contributed by atoms with E-state index in [2.05, 4.69) is 0 Å². The van der Waals surface area contributed by atoms with Crippen LogP contribution in [0.15, 0.2) is 12.1 Å². The molecule has 0 saturated heterocycles. The zero-order valence-corrected chi connectivity index (χ0v) is 9.90. The van der Waals surface area contributed by atoms with E-state index in [1.54, 1.807) is 13.0 Å².